The molecule has 162 valence electrons. The van der Waals surface area contributed by atoms with Gasteiger partial charge in [0.25, 0.3) is 0 Å². The molecule has 5 heteroatoms. The first-order valence-electron chi connectivity index (χ1n) is 10.7. The molecule has 3 rings (SSSR count). The zero-order valence-corrected chi connectivity index (χ0v) is 20.4. The highest BCUT2D eigenvalue weighted by Crippen LogP contribution is 2.56. The van der Waals surface area contributed by atoms with Gasteiger partial charge in [0.2, 0.25) is 8.30 Å². The SMILES string of the molecule is CCN(CC)P1Oc2c(cc(C(C)(C)C)cc2C(C)(C)C)N=C1c1ccc(F)cc1. The lowest BCUT2D eigenvalue weighted by atomic mass is 9.80. The van der Waals surface area contributed by atoms with E-state index in [0.717, 1.165) is 35.5 Å². The molecule has 3 nitrogen and oxygen atoms in total. The number of hydrogen-bond acceptors (Lipinski definition) is 3. The third kappa shape index (κ3) is 4.60. The van der Waals surface area contributed by atoms with Crippen LogP contribution in [0.1, 0.15) is 72.1 Å². The van der Waals surface area contributed by atoms with Crippen molar-refractivity contribution in [3.05, 3.63) is 58.9 Å². The van der Waals surface area contributed by atoms with E-state index in [4.69, 9.17) is 9.52 Å². The molecule has 0 saturated carbocycles. The van der Waals surface area contributed by atoms with Crippen LogP contribution < -0.4 is 4.52 Å². The fraction of sp³-hybridized carbons (Fsp3) is 0.480. The van der Waals surface area contributed by atoms with E-state index in [1.165, 1.54) is 23.3 Å². The van der Waals surface area contributed by atoms with Gasteiger partial charge in [-0.05, 0) is 46.7 Å². The van der Waals surface area contributed by atoms with Crippen LogP contribution in [0, 0.1) is 5.82 Å². The zero-order chi connectivity index (χ0) is 22.3. The monoisotopic (exact) mass is 428 g/mol. The average Bonchev–Trinajstić information content (AvgIpc) is 2.66. The maximum atomic E-state index is 13.6. The molecular formula is C25H34FN2OP. The minimum Gasteiger partial charge on any atom is -0.450 e. The maximum Gasteiger partial charge on any atom is 0.216 e. The van der Waals surface area contributed by atoms with Gasteiger partial charge in [-0.25, -0.2) is 14.1 Å². The van der Waals surface area contributed by atoms with Crippen molar-refractivity contribution in [2.24, 2.45) is 4.99 Å². The van der Waals surface area contributed by atoms with Crippen LogP contribution in [-0.4, -0.2) is 23.2 Å². The van der Waals surface area contributed by atoms with Crippen molar-refractivity contribution in [1.29, 1.82) is 0 Å². The number of aliphatic imine (C=N–C) groups is 1. The van der Waals surface area contributed by atoms with E-state index in [1.54, 1.807) is 12.1 Å². The second-order valence-corrected chi connectivity index (χ2v) is 11.5. The average molecular weight is 429 g/mol. The van der Waals surface area contributed by atoms with E-state index >= 15 is 0 Å². The smallest absolute Gasteiger partial charge is 0.216 e. The molecular weight excluding hydrogens is 394 g/mol. The predicted octanol–water partition coefficient (Wildman–Crippen LogP) is 7.55. The van der Waals surface area contributed by atoms with Gasteiger partial charge in [-0.3, -0.25) is 0 Å². The largest absolute Gasteiger partial charge is 0.450 e. The van der Waals surface area contributed by atoms with Crippen LogP contribution >= 0.6 is 8.30 Å². The summed E-state index contributed by atoms with van der Waals surface area (Å²) in [5.41, 5.74) is 5.04. The van der Waals surface area contributed by atoms with Gasteiger partial charge in [-0.2, -0.15) is 0 Å². The molecule has 2 aromatic rings. The van der Waals surface area contributed by atoms with Crippen molar-refractivity contribution in [2.45, 2.75) is 66.2 Å². The molecule has 30 heavy (non-hydrogen) atoms. The van der Waals surface area contributed by atoms with Crippen LogP contribution in [0.3, 0.4) is 0 Å². The van der Waals surface area contributed by atoms with Gasteiger partial charge in [0.1, 0.15) is 17.0 Å². The Morgan fingerprint density at radius 3 is 2.03 bits per heavy atom. The second kappa shape index (κ2) is 8.40. The van der Waals surface area contributed by atoms with Crippen LogP contribution in [0.4, 0.5) is 10.1 Å². The summed E-state index contributed by atoms with van der Waals surface area (Å²) in [6.45, 7) is 19.3. The Kier molecular flexibility index (Phi) is 6.41. The van der Waals surface area contributed by atoms with Crippen LogP contribution in [0.15, 0.2) is 41.4 Å². The molecule has 0 aromatic heterocycles. The van der Waals surface area contributed by atoms with Crippen molar-refractivity contribution in [1.82, 2.24) is 4.67 Å². The molecule has 0 aliphatic carbocycles. The highest BCUT2D eigenvalue weighted by molar-refractivity contribution is 7.70. The van der Waals surface area contributed by atoms with Crippen molar-refractivity contribution in [3.8, 4) is 5.75 Å². The van der Waals surface area contributed by atoms with Crippen molar-refractivity contribution < 1.29 is 8.91 Å². The van der Waals surface area contributed by atoms with Gasteiger partial charge >= 0.3 is 0 Å². The van der Waals surface area contributed by atoms with Crippen molar-refractivity contribution in [3.63, 3.8) is 0 Å². The van der Waals surface area contributed by atoms with Gasteiger partial charge in [-0.1, -0.05) is 61.5 Å². The number of hydrogen-bond donors (Lipinski definition) is 0. The predicted molar refractivity (Wildman–Crippen MR) is 127 cm³/mol. The standard InChI is InChI=1S/C25H34FN2OP/c1-9-28(10-2)30-23(17-11-13-19(26)14-12-17)27-21-16-18(24(3,4)5)15-20(22(21)29-30)25(6,7)8/h11-16H,9-10H2,1-8H3. The van der Waals surface area contributed by atoms with Crippen LogP contribution in [0.2, 0.25) is 0 Å². The van der Waals surface area contributed by atoms with Crippen LogP contribution in [-0.2, 0) is 10.8 Å². The molecule has 0 bridgehead atoms. The van der Waals surface area contributed by atoms with Crippen LogP contribution in [0.25, 0.3) is 0 Å². The molecule has 1 aliphatic rings. The Morgan fingerprint density at radius 1 is 0.933 bits per heavy atom. The Balaban J connectivity index is 2.27. The molecule has 0 saturated heterocycles. The Labute approximate surface area is 182 Å². The number of benzene rings is 2. The third-order valence-electron chi connectivity index (χ3n) is 5.42. The molecule has 0 spiro atoms. The lowest BCUT2D eigenvalue weighted by molar-refractivity contribution is 0.446. The Bertz CT molecular complexity index is 935. The summed E-state index contributed by atoms with van der Waals surface area (Å²) in [6.07, 6.45) is 0. The van der Waals surface area contributed by atoms with E-state index in [1.807, 2.05) is 0 Å². The number of nitrogens with zero attached hydrogens (tertiary/aromatic N) is 2. The molecule has 1 aliphatic heterocycles. The van der Waals surface area contributed by atoms with E-state index in [0.29, 0.717) is 0 Å². The van der Waals surface area contributed by atoms with Crippen molar-refractivity contribution in [2.75, 3.05) is 13.1 Å². The molecule has 2 aromatic carbocycles. The lowest BCUT2D eigenvalue weighted by Crippen LogP contribution is -2.27. The minimum atomic E-state index is -1.11. The van der Waals surface area contributed by atoms with Gasteiger partial charge in [0, 0.05) is 24.2 Å². The Morgan fingerprint density at radius 2 is 1.53 bits per heavy atom. The summed E-state index contributed by atoms with van der Waals surface area (Å²) < 4.78 is 22.6. The summed E-state index contributed by atoms with van der Waals surface area (Å²) in [5, 5.41) is 0. The first kappa shape index (κ1) is 22.9. The number of fused-ring (bicyclic) bond motifs is 1. The van der Waals surface area contributed by atoms with Gasteiger partial charge in [0.15, 0.2) is 5.75 Å². The molecule has 1 unspecified atom stereocenters. The molecule has 1 heterocycles. The molecule has 0 N–H and O–H groups in total. The fourth-order valence-corrected chi connectivity index (χ4v) is 5.43. The lowest BCUT2D eigenvalue weighted by Gasteiger charge is -2.36. The molecule has 0 amide bonds. The zero-order valence-electron chi connectivity index (χ0n) is 19.5. The molecule has 0 radical (unpaired) electrons. The fourth-order valence-electron chi connectivity index (χ4n) is 3.52. The van der Waals surface area contributed by atoms with Gasteiger partial charge in [-0.15, -0.1) is 0 Å². The van der Waals surface area contributed by atoms with Gasteiger partial charge < -0.3 is 4.52 Å². The topological polar surface area (TPSA) is 24.8 Å². The number of rotatable bonds is 4. The van der Waals surface area contributed by atoms with E-state index in [9.17, 15) is 4.39 Å². The maximum absolute atomic E-state index is 13.6. The third-order valence-corrected chi connectivity index (χ3v) is 7.57. The van der Waals surface area contributed by atoms with Gasteiger partial charge in [0.05, 0.1) is 0 Å². The first-order valence-corrected chi connectivity index (χ1v) is 11.9. The minimum absolute atomic E-state index is 0.00163. The van der Waals surface area contributed by atoms with E-state index in [-0.39, 0.29) is 16.6 Å². The Hall–Kier alpha value is -1.77. The summed E-state index contributed by atoms with van der Waals surface area (Å²) in [6, 6.07) is 11.0. The molecule has 1 atom stereocenters. The summed E-state index contributed by atoms with van der Waals surface area (Å²) >= 11 is 0. The quantitative estimate of drug-likeness (QED) is 0.470. The summed E-state index contributed by atoms with van der Waals surface area (Å²) in [4.78, 5) is 5.15. The highest BCUT2D eigenvalue weighted by atomic mass is 31.2. The normalized spacial score (nSPS) is 16.9. The van der Waals surface area contributed by atoms with Crippen LogP contribution in [0.5, 0.6) is 5.75 Å². The summed E-state index contributed by atoms with van der Waals surface area (Å²) in [5.74, 6) is 0.646. The molecule has 0 fully saturated rings. The van der Waals surface area contributed by atoms with E-state index in [2.05, 4.69) is 72.2 Å². The van der Waals surface area contributed by atoms with Crippen molar-refractivity contribution >= 4 is 19.4 Å². The first-order chi connectivity index (χ1) is 14.0. The van der Waals surface area contributed by atoms with E-state index < -0.39 is 8.30 Å². The summed E-state index contributed by atoms with van der Waals surface area (Å²) in [7, 11) is -1.11. The highest BCUT2D eigenvalue weighted by Gasteiger charge is 2.35. The number of halogens is 1. The second-order valence-electron chi connectivity index (χ2n) is 9.82.